The Bertz CT molecular complexity index is 274. The highest BCUT2D eigenvalue weighted by Gasteiger charge is 2.34. The summed E-state index contributed by atoms with van der Waals surface area (Å²) in [6.07, 6.45) is 7.04. The molecule has 0 aromatic heterocycles. The smallest absolute Gasteiger partial charge is 0.0108 e. The van der Waals surface area contributed by atoms with Crippen LogP contribution in [0.3, 0.4) is 0 Å². The van der Waals surface area contributed by atoms with Gasteiger partial charge in [0.05, 0.1) is 0 Å². The summed E-state index contributed by atoms with van der Waals surface area (Å²) in [7, 11) is 0. The highest BCUT2D eigenvalue weighted by atomic mass is 15.2. The highest BCUT2D eigenvalue weighted by Crippen LogP contribution is 2.35. The molecule has 2 heteroatoms. The van der Waals surface area contributed by atoms with Crippen molar-refractivity contribution in [3.05, 3.63) is 0 Å². The molecule has 2 nitrogen and oxygen atoms in total. The van der Waals surface area contributed by atoms with Crippen molar-refractivity contribution in [3.63, 3.8) is 0 Å². The molecule has 0 spiro atoms. The van der Waals surface area contributed by atoms with Crippen molar-refractivity contribution in [1.82, 2.24) is 10.2 Å². The van der Waals surface area contributed by atoms with E-state index < -0.39 is 0 Å². The van der Waals surface area contributed by atoms with Crippen LogP contribution in [-0.4, -0.2) is 37.1 Å². The van der Waals surface area contributed by atoms with Crippen LogP contribution in [0.4, 0.5) is 0 Å². The van der Waals surface area contributed by atoms with Crippen molar-refractivity contribution in [2.24, 2.45) is 17.3 Å². The zero-order chi connectivity index (χ0) is 13.9. The molecule has 1 aliphatic heterocycles. The summed E-state index contributed by atoms with van der Waals surface area (Å²) in [6.45, 7) is 14.5. The Morgan fingerprint density at radius 2 is 2.00 bits per heavy atom. The number of likely N-dealkylation sites (tertiary alicyclic amines) is 1. The second kappa shape index (κ2) is 6.58. The number of hydrogen-bond donors (Lipinski definition) is 1. The van der Waals surface area contributed by atoms with Crippen molar-refractivity contribution in [3.8, 4) is 0 Å². The summed E-state index contributed by atoms with van der Waals surface area (Å²) in [4.78, 5) is 2.73. The fourth-order valence-corrected chi connectivity index (χ4v) is 4.18. The van der Waals surface area contributed by atoms with Gasteiger partial charge in [-0.3, -0.25) is 0 Å². The molecule has 1 saturated heterocycles. The van der Waals surface area contributed by atoms with Gasteiger partial charge in [-0.25, -0.2) is 0 Å². The minimum Gasteiger partial charge on any atom is -0.314 e. The molecule has 1 aliphatic carbocycles. The van der Waals surface area contributed by atoms with Gasteiger partial charge >= 0.3 is 0 Å². The van der Waals surface area contributed by atoms with E-state index in [0.717, 1.165) is 24.4 Å². The number of nitrogens with zero attached hydrogens (tertiary/aromatic N) is 1. The summed E-state index contributed by atoms with van der Waals surface area (Å²) in [5.41, 5.74) is 0.548. The molecule has 0 amide bonds. The average molecular weight is 266 g/mol. The molecule has 1 saturated carbocycles. The third-order valence-corrected chi connectivity index (χ3v) is 5.38. The van der Waals surface area contributed by atoms with Gasteiger partial charge in [-0.2, -0.15) is 0 Å². The van der Waals surface area contributed by atoms with E-state index in [1.54, 1.807) is 0 Å². The lowest BCUT2D eigenvalue weighted by Crippen LogP contribution is -2.45. The second-order valence-corrected chi connectivity index (χ2v) is 7.66. The fraction of sp³-hybridized carbons (Fsp3) is 1.00. The Morgan fingerprint density at radius 3 is 2.58 bits per heavy atom. The minimum absolute atomic E-state index is 0.548. The molecule has 2 rings (SSSR count). The summed E-state index contributed by atoms with van der Waals surface area (Å²) in [5, 5.41) is 3.75. The van der Waals surface area contributed by atoms with Crippen LogP contribution in [0.25, 0.3) is 0 Å². The first-order valence-electron chi connectivity index (χ1n) is 8.50. The third-order valence-electron chi connectivity index (χ3n) is 5.38. The first-order chi connectivity index (χ1) is 9.04. The first kappa shape index (κ1) is 15.3. The van der Waals surface area contributed by atoms with E-state index in [-0.39, 0.29) is 0 Å². The monoisotopic (exact) mass is 266 g/mol. The van der Waals surface area contributed by atoms with Gasteiger partial charge in [0.2, 0.25) is 0 Å². The molecule has 0 aromatic rings. The lowest BCUT2D eigenvalue weighted by atomic mass is 9.76. The van der Waals surface area contributed by atoms with E-state index in [9.17, 15) is 0 Å². The molecular weight excluding hydrogens is 232 g/mol. The highest BCUT2D eigenvalue weighted by molar-refractivity contribution is 4.89. The summed E-state index contributed by atoms with van der Waals surface area (Å²) >= 11 is 0. The van der Waals surface area contributed by atoms with Crippen LogP contribution in [-0.2, 0) is 0 Å². The van der Waals surface area contributed by atoms with Crippen LogP contribution < -0.4 is 5.32 Å². The van der Waals surface area contributed by atoms with E-state index in [2.05, 4.69) is 37.9 Å². The average Bonchev–Trinajstić information content (AvgIpc) is 2.71. The van der Waals surface area contributed by atoms with Gasteiger partial charge in [-0.15, -0.1) is 0 Å². The molecule has 2 aliphatic rings. The molecule has 112 valence electrons. The van der Waals surface area contributed by atoms with Gasteiger partial charge in [0.15, 0.2) is 0 Å². The van der Waals surface area contributed by atoms with Crippen molar-refractivity contribution in [2.75, 3.05) is 26.2 Å². The van der Waals surface area contributed by atoms with Crippen molar-refractivity contribution < 1.29 is 0 Å². The minimum atomic E-state index is 0.548. The van der Waals surface area contributed by atoms with Crippen LogP contribution in [0.1, 0.15) is 59.8 Å². The lowest BCUT2D eigenvalue weighted by molar-refractivity contribution is 0.146. The van der Waals surface area contributed by atoms with Gasteiger partial charge in [0.25, 0.3) is 0 Å². The molecule has 0 radical (unpaired) electrons. The zero-order valence-electron chi connectivity index (χ0n) is 13.5. The Balaban J connectivity index is 1.90. The van der Waals surface area contributed by atoms with Crippen molar-refractivity contribution >= 4 is 0 Å². The molecule has 3 unspecified atom stereocenters. The fourth-order valence-electron chi connectivity index (χ4n) is 4.18. The Kier molecular flexibility index (Phi) is 5.30. The van der Waals surface area contributed by atoms with E-state index in [0.29, 0.717) is 5.41 Å². The Labute approximate surface area is 120 Å². The largest absolute Gasteiger partial charge is 0.314 e. The quantitative estimate of drug-likeness (QED) is 0.819. The van der Waals surface area contributed by atoms with Crippen LogP contribution in [0.5, 0.6) is 0 Å². The van der Waals surface area contributed by atoms with E-state index >= 15 is 0 Å². The maximum absolute atomic E-state index is 3.75. The van der Waals surface area contributed by atoms with E-state index in [1.165, 1.54) is 51.7 Å². The molecule has 1 N–H and O–H groups in total. The molecular formula is C17H34N2. The standard InChI is InChI=1S/C17H34N2/c1-5-14-7-8-16(18-6-2)15(11-14)12-19-10-9-17(3,4)13-19/h14-16,18H,5-13H2,1-4H3. The van der Waals surface area contributed by atoms with Gasteiger partial charge < -0.3 is 10.2 Å². The predicted molar refractivity (Wildman–Crippen MR) is 83.4 cm³/mol. The number of hydrogen-bond acceptors (Lipinski definition) is 2. The van der Waals surface area contributed by atoms with E-state index in [1.807, 2.05) is 0 Å². The third kappa shape index (κ3) is 4.19. The summed E-state index contributed by atoms with van der Waals surface area (Å²) in [6, 6.07) is 0.775. The molecule has 0 aromatic carbocycles. The maximum atomic E-state index is 3.75. The predicted octanol–water partition coefficient (Wildman–Crippen LogP) is 3.52. The van der Waals surface area contributed by atoms with Crippen LogP contribution in [0, 0.1) is 17.3 Å². The van der Waals surface area contributed by atoms with Crippen LogP contribution in [0.2, 0.25) is 0 Å². The topological polar surface area (TPSA) is 15.3 Å². The van der Waals surface area contributed by atoms with Crippen LogP contribution in [0.15, 0.2) is 0 Å². The SMILES string of the molecule is CCNC1CCC(CC)CC1CN1CCC(C)(C)C1. The number of nitrogens with one attached hydrogen (secondary N) is 1. The molecule has 2 fully saturated rings. The Hall–Kier alpha value is -0.0800. The number of rotatable bonds is 5. The van der Waals surface area contributed by atoms with E-state index in [4.69, 9.17) is 0 Å². The van der Waals surface area contributed by atoms with Crippen molar-refractivity contribution in [1.29, 1.82) is 0 Å². The zero-order valence-corrected chi connectivity index (χ0v) is 13.5. The van der Waals surface area contributed by atoms with Crippen LogP contribution >= 0.6 is 0 Å². The molecule has 19 heavy (non-hydrogen) atoms. The molecule has 1 heterocycles. The molecule has 3 atom stereocenters. The van der Waals surface area contributed by atoms with Gasteiger partial charge in [0.1, 0.15) is 0 Å². The second-order valence-electron chi connectivity index (χ2n) is 7.66. The summed E-state index contributed by atoms with van der Waals surface area (Å²) in [5.74, 6) is 1.86. The Morgan fingerprint density at radius 1 is 1.21 bits per heavy atom. The first-order valence-corrected chi connectivity index (χ1v) is 8.50. The van der Waals surface area contributed by atoms with Gasteiger partial charge in [0, 0.05) is 19.1 Å². The van der Waals surface area contributed by atoms with Gasteiger partial charge in [-0.1, -0.05) is 34.1 Å². The lowest BCUT2D eigenvalue weighted by Gasteiger charge is -2.38. The normalized spacial score (nSPS) is 35.7. The summed E-state index contributed by atoms with van der Waals surface area (Å²) < 4.78 is 0. The van der Waals surface area contributed by atoms with Gasteiger partial charge in [-0.05, 0) is 56.0 Å². The van der Waals surface area contributed by atoms with Crippen molar-refractivity contribution in [2.45, 2.75) is 65.8 Å². The maximum Gasteiger partial charge on any atom is 0.0108 e. The molecule has 0 bridgehead atoms.